The first-order valence-electron chi connectivity index (χ1n) is 10.4. The van der Waals surface area contributed by atoms with E-state index in [-0.39, 0.29) is 5.91 Å². The molecule has 4 rings (SSSR count). The molecule has 156 valence electrons. The number of benzene rings is 1. The number of carbonyl (C=O) groups is 1. The number of carbonyl (C=O) groups excluding carboxylic acids is 1. The van der Waals surface area contributed by atoms with Crippen LogP contribution in [0.1, 0.15) is 27.0 Å². The quantitative estimate of drug-likeness (QED) is 0.810. The maximum absolute atomic E-state index is 12.9. The van der Waals surface area contributed by atoms with Crippen molar-refractivity contribution in [2.75, 3.05) is 67.7 Å². The molecular weight excluding hydrogens is 386 g/mol. The summed E-state index contributed by atoms with van der Waals surface area (Å²) in [5, 5.41) is 3.16. The second kappa shape index (κ2) is 9.15. The normalized spacial score (nSPS) is 17.4. The van der Waals surface area contributed by atoms with Gasteiger partial charge in [-0.1, -0.05) is 6.92 Å². The van der Waals surface area contributed by atoms with Gasteiger partial charge in [0.2, 0.25) is 0 Å². The predicted molar refractivity (Wildman–Crippen MR) is 119 cm³/mol. The van der Waals surface area contributed by atoms with Gasteiger partial charge in [0, 0.05) is 36.7 Å². The number of nitrogens with zero attached hydrogens (tertiary/aromatic N) is 2. The molecule has 1 aromatic carbocycles. The van der Waals surface area contributed by atoms with Gasteiger partial charge < -0.3 is 24.6 Å². The van der Waals surface area contributed by atoms with Crippen LogP contribution in [-0.2, 0) is 15.9 Å². The summed E-state index contributed by atoms with van der Waals surface area (Å²) in [5.74, 6) is -0.0357. The standard InChI is InChI=1S/C22H29N3O3S/c1-3-17-14-21(29-16(17)2)22(26)23-19-5-4-18(24-6-10-27-11-7-24)15-20(19)25-8-12-28-13-9-25/h4-5,14-15H,3,6-13H2,1-2H3,(H,23,26). The zero-order chi connectivity index (χ0) is 20.2. The van der Waals surface area contributed by atoms with Crippen molar-refractivity contribution in [1.29, 1.82) is 0 Å². The van der Waals surface area contributed by atoms with Crippen LogP contribution in [0.15, 0.2) is 24.3 Å². The third-order valence-corrected chi connectivity index (χ3v) is 6.67. The van der Waals surface area contributed by atoms with Gasteiger partial charge in [-0.2, -0.15) is 0 Å². The molecule has 7 heteroatoms. The predicted octanol–water partition coefficient (Wildman–Crippen LogP) is 3.54. The number of thiophene rings is 1. The number of nitrogens with one attached hydrogen (secondary N) is 1. The van der Waals surface area contributed by atoms with Crippen molar-refractivity contribution in [2.45, 2.75) is 20.3 Å². The van der Waals surface area contributed by atoms with Crippen molar-refractivity contribution >= 4 is 34.3 Å². The average molecular weight is 416 g/mol. The minimum absolute atomic E-state index is 0.0357. The summed E-state index contributed by atoms with van der Waals surface area (Å²) in [6, 6.07) is 8.35. The summed E-state index contributed by atoms with van der Waals surface area (Å²) in [5.41, 5.74) is 4.34. The first-order chi connectivity index (χ1) is 14.2. The fourth-order valence-corrected chi connectivity index (χ4v) is 4.89. The fourth-order valence-electron chi connectivity index (χ4n) is 3.88. The number of aryl methyl sites for hydroxylation is 2. The zero-order valence-corrected chi connectivity index (χ0v) is 18.0. The molecule has 0 atom stereocenters. The van der Waals surface area contributed by atoms with Gasteiger partial charge >= 0.3 is 0 Å². The van der Waals surface area contributed by atoms with Crippen molar-refractivity contribution in [1.82, 2.24) is 0 Å². The molecule has 0 radical (unpaired) electrons. The molecule has 2 aliphatic rings. The summed E-state index contributed by atoms with van der Waals surface area (Å²) in [6.45, 7) is 10.6. The molecule has 3 heterocycles. The monoisotopic (exact) mass is 415 g/mol. The maximum atomic E-state index is 12.9. The van der Waals surface area contributed by atoms with E-state index in [4.69, 9.17) is 9.47 Å². The Morgan fingerprint density at radius 1 is 1.03 bits per heavy atom. The number of rotatable bonds is 5. The molecule has 2 aromatic rings. The van der Waals surface area contributed by atoms with E-state index in [0.29, 0.717) is 13.2 Å². The molecule has 0 unspecified atom stereocenters. The van der Waals surface area contributed by atoms with Gasteiger partial charge in [0.05, 0.1) is 42.7 Å². The highest BCUT2D eigenvalue weighted by molar-refractivity contribution is 7.14. The van der Waals surface area contributed by atoms with Crippen LogP contribution in [-0.4, -0.2) is 58.5 Å². The van der Waals surface area contributed by atoms with E-state index in [1.807, 2.05) is 12.1 Å². The van der Waals surface area contributed by atoms with Crippen molar-refractivity contribution < 1.29 is 14.3 Å². The van der Waals surface area contributed by atoms with Crippen molar-refractivity contribution in [3.8, 4) is 0 Å². The minimum atomic E-state index is -0.0357. The van der Waals surface area contributed by atoms with Crippen LogP contribution in [0.3, 0.4) is 0 Å². The van der Waals surface area contributed by atoms with Gasteiger partial charge in [-0.15, -0.1) is 11.3 Å². The Kier molecular flexibility index (Phi) is 6.37. The lowest BCUT2D eigenvalue weighted by atomic mass is 10.1. The molecule has 0 spiro atoms. The fraction of sp³-hybridized carbons (Fsp3) is 0.500. The van der Waals surface area contributed by atoms with E-state index in [1.54, 1.807) is 11.3 Å². The van der Waals surface area contributed by atoms with E-state index in [0.717, 1.165) is 62.1 Å². The smallest absolute Gasteiger partial charge is 0.265 e. The second-order valence-corrected chi connectivity index (χ2v) is 8.66. The van der Waals surface area contributed by atoms with E-state index in [2.05, 4.69) is 41.1 Å². The summed E-state index contributed by atoms with van der Waals surface area (Å²) in [4.78, 5) is 19.6. The molecule has 0 saturated carbocycles. The number of morpholine rings is 2. The summed E-state index contributed by atoms with van der Waals surface area (Å²) < 4.78 is 11.0. The number of hydrogen-bond donors (Lipinski definition) is 1. The first kappa shape index (κ1) is 20.2. The summed E-state index contributed by atoms with van der Waals surface area (Å²) in [6.07, 6.45) is 0.947. The highest BCUT2D eigenvalue weighted by Gasteiger charge is 2.20. The molecular formula is C22H29N3O3S. The molecule has 0 aliphatic carbocycles. The molecule has 2 aliphatic heterocycles. The molecule has 2 fully saturated rings. The third kappa shape index (κ3) is 4.57. The Bertz CT molecular complexity index is 855. The third-order valence-electron chi connectivity index (χ3n) is 5.58. The van der Waals surface area contributed by atoms with Crippen LogP contribution in [0, 0.1) is 6.92 Å². The lowest BCUT2D eigenvalue weighted by Crippen LogP contribution is -2.38. The van der Waals surface area contributed by atoms with Gasteiger partial charge in [0.25, 0.3) is 5.91 Å². The lowest BCUT2D eigenvalue weighted by molar-refractivity contribution is 0.103. The highest BCUT2D eigenvalue weighted by atomic mass is 32.1. The van der Waals surface area contributed by atoms with Crippen molar-refractivity contribution in [3.05, 3.63) is 39.6 Å². The van der Waals surface area contributed by atoms with Gasteiger partial charge in [-0.25, -0.2) is 0 Å². The largest absolute Gasteiger partial charge is 0.378 e. The molecule has 1 aromatic heterocycles. The summed E-state index contributed by atoms with van der Waals surface area (Å²) in [7, 11) is 0. The van der Waals surface area contributed by atoms with E-state index in [9.17, 15) is 4.79 Å². The Morgan fingerprint density at radius 2 is 1.69 bits per heavy atom. The van der Waals surface area contributed by atoms with Gasteiger partial charge in [-0.05, 0) is 43.2 Å². The molecule has 1 amide bonds. The maximum Gasteiger partial charge on any atom is 0.265 e. The van der Waals surface area contributed by atoms with E-state index in [1.165, 1.54) is 16.1 Å². The van der Waals surface area contributed by atoms with E-state index >= 15 is 0 Å². The Hall–Kier alpha value is -2.09. The number of anilines is 3. The van der Waals surface area contributed by atoms with Crippen LogP contribution in [0.2, 0.25) is 0 Å². The molecule has 0 bridgehead atoms. The molecule has 29 heavy (non-hydrogen) atoms. The van der Waals surface area contributed by atoms with Crippen LogP contribution >= 0.6 is 11.3 Å². The van der Waals surface area contributed by atoms with Gasteiger partial charge in [0.15, 0.2) is 0 Å². The highest BCUT2D eigenvalue weighted by Crippen LogP contribution is 2.33. The number of hydrogen-bond acceptors (Lipinski definition) is 6. The Morgan fingerprint density at radius 3 is 2.31 bits per heavy atom. The second-order valence-electron chi connectivity index (χ2n) is 7.40. The SMILES string of the molecule is CCc1cc(C(=O)Nc2ccc(N3CCOCC3)cc2N2CCOCC2)sc1C. The molecule has 2 saturated heterocycles. The number of ether oxygens (including phenoxy) is 2. The first-order valence-corrected chi connectivity index (χ1v) is 11.2. The molecule has 1 N–H and O–H groups in total. The van der Waals surface area contributed by atoms with Crippen LogP contribution < -0.4 is 15.1 Å². The Balaban J connectivity index is 1.60. The molecule has 6 nitrogen and oxygen atoms in total. The summed E-state index contributed by atoms with van der Waals surface area (Å²) >= 11 is 1.57. The van der Waals surface area contributed by atoms with Crippen LogP contribution in [0.25, 0.3) is 0 Å². The Labute approximate surface area is 176 Å². The van der Waals surface area contributed by atoms with Crippen molar-refractivity contribution in [3.63, 3.8) is 0 Å². The van der Waals surface area contributed by atoms with E-state index < -0.39 is 0 Å². The minimum Gasteiger partial charge on any atom is -0.378 e. The van der Waals surface area contributed by atoms with Gasteiger partial charge in [-0.3, -0.25) is 4.79 Å². The lowest BCUT2D eigenvalue weighted by Gasteiger charge is -2.33. The topological polar surface area (TPSA) is 54.0 Å². The average Bonchev–Trinajstić information content (AvgIpc) is 3.16. The van der Waals surface area contributed by atoms with Crippen molar-refractivity contribution in [2.24, 2.45) is 0 Å². The van der Waals surface area contributed by atoms with Gasteiger partial charge in [0.1, 0.15) is 0 Å². The van der Waals surface area contributed by atoms with Crippen LogP contribution in [0.5, 0.6) is 0 Å². The zero-order valence-electron chi connectivity index (χ0n) is 17.2. The number of amides is 1. The van der Waals surface area contributed by atoms with Crippen LogP contribution in [0.4, 0.5) is 17.1 Å².